The first-order valence-electron chi connectivity index (χ1n) is 11.9. The lowest BCUT2D eigenvalue weighted by Gasteiger charge is -2.33. The minimum absolute atomic E-state index is 0.0959. The zero-order valence-corrected chi connectivity index (χ0v) is 20.2. The average molecular weight is 490 g/mol. The number of aliphatic hydroxyl groups excluding tert-OH is 2. The zero-order valence-electron chi connectivity index (χ0n) is 20.2. The Hall–Kier alpha value is -3.88. The molecule has 3 amide bonds. The number of anilines is 1. The summed E-state index contributed by atoms with van der Waals surface area (Å²) in [6.45, 7) is 2.59. The summed E-state index contributed by atoms with van der Waals surface area (Å²) in [4.78, 5) is 29.0. The van der Waals surface area contributed by atoms with E-state index in [0.29, 0.717) is 30.8 Å². The van der Waals surface area contributed by atoms with Gasteiger partial charge >= 0.3 is 6.03 Å². The highest BCUT2D eigenvalue weighted by Crippen LogP contribution is 2.20. The van der Waals surface area contributed by atoms with E-state index in [-0.39, 0.29) is 18.8 Å². The van der Waals surface area contributed by atoms with Crippen LogP contribution in [-0.2, 0) is 24.3 Å². The van der Waals surface area contributed by atoms with E-state index in [2.05, 4.69) is 5.32 Å². The van der Waals surface area contributed by atoms with Crippen LogP contribution in [0.1, 0.15) is 22.3 Å². The Morgan fingerprint density at radius 3 is 2.33 bits per heavy atom. The number of fused-ring (bicyclic) bond motifs is 1. The molecule has 4 rings (SSSR count). The number of rotatable bonds is 7. The molecule has 0 radical (unpaired) electrons. The fourth-order valence-electron chi connectivity index (χ4n) is 4.24. The Morgan fingerprint density at radius 1 is 0.972 bits per heavy atom. The van der Waals surface area contributed by atoms with Crippen molar-refractivity contribution >= 4 is 17.6 Å². The van der Waals surface area contributed by atoms with Gasteiger partial charge in [0.25, 0.3) is 5.91 Å². The Kier molecular flexibility index (Phi) is 7.87. The number of hydrogen-bond donors (Lipinski definition) is 4. The summed E-state index contributed by atoms with van der Waals surface area (Å²) in [7, 11) is 0. The Balaban J connectivity index is 1.45. The number of amides is 3. The van der Waals surface area contributed by atoms with E-state index in [1.807, 2.05) is 43.3 Å². The van der Waals surface area contributed by atoms with Crippen molar-refractivity contribution in [2.75, 3.05) is 18.4 Å². The lowest BCUT2D eigenvalue weighted by Crippen LogP contribution is -2.51. The summed E-state index contributed by atoms with van der Waals surface area (Å²) in [5, 5.41) is 33.9. The molecule has 0 fully saturated rings. The maximum Gasteiger partial charge on any atom is 0.322 e. The molecule has 188 valence electrons. The number of phenolic OH excluding ortho intramolecular Hbond substituents is 1. The number of carbonyl (C=O) groups is 2. The van der Waals surface area contributed by atoms with Crippen molar-refractivity contribution in [2.45, 2.75) is 38.6 Å². The van der Waals surface area contributed by atoms with E-state index in [4.69, 9.17) is 0 Å². The predicted molar refractivity (Wildman–Crippen MR) is 136 cm³/mol. The van der Waals surface area contributed by atoms with E-state index in [9.17, 15) is 24.9 Å². The average Bonchev–Trinajstić information content (AvgIpc) is 2.89. The van der Waals surface area contributed by atoms with Crippen molar-refractivity contribution in [1.82, 2.24) is 9.80 Å². The summed E-state index contributed by atoms with van der Waals surface area (Å²) >= 11 is 0. The van der Waals surface area contributed by atoms with E-state index >= 15 is 0 Å². The molecule has 3 aromatic rings. The highest BCUT2D eigenvalue weighted by Gasteiger charge is 2.32. The van der Waals surface area contributed by atoms with Crippen molar-refractivity contribution in [2.24, 2.45) is 0 Å². The number of nitrogens with one attached hydrogen (secondary N) is 1. The molecule has 1 aliphatic heterocycles. The highest BCUT2D eigenvalue weighted by atomic mass is 16.3. The minimum atomic E-state index is -1.68. The maximum atomic E-state index is 13.1. The van der Waals surface area contributed by atoms with Gasteiger partial charge in [-0.25, -0.2) is 4.79 Å². The molecule has 0 spiro atoms. The smallest absolute Gasteiger partial charge is 0.322 e. The van der Waals surface area contributed by atoms with Gasteiger partial charge in [0.2, 0.25) is 0 Å². The molecule has 0 saturated carbocycles. The third-order valence-electron chi connectivity index (χ3n) is 6.37. The fourth-order valence-corrected chi connectivity index (χ4v) is 4.24. The van der Waals surface area contributed by atoms with Gasteiger partial charge in [-0.2, -0.15) is 0 Å². The van der Waals surface area contributed by atoms with Crippen molar-refractivity contribution in [3.05, 3.63) is 95.1 Å². The van der Waals surface area contributed by atoms with Crippen LogP contribution in [-0.4, -0.2) is 62.4 Å². The number of nitrogens with zero attached hydrogens (tertiary/aromatic N) is 2. The Labute approximate surface area is 210 Å². The molecule has 4 N–H and O–H groups in total. The molecule has 2 unspecified atom stereocenters. The summed E-state index contributed by atoms with van der Waals surface area (Å²) in [6, 6.07) is 21.0. The van der Waals surface area contributed by atoms with Crippen LogP contribution in [0.15, 0.2) is 72.8 Å². The number of phenols is 1. The monoisotopic (exact) mass is 489 g/mol. The van der Waals surface area contributed by atoms with Crippen LogP contribution in [0.25, 0.3) is 0 Å². The third kappa shape index (κ3) is 6.21. The second-order valence-corrected chi connectivity index (χ2v) is 9.13. The second-order valence-electron chi connectivity index (χ2n) is 9.13. The molecular weight excluding hydrogens is 458 g/mol. The van der Waals surface area contributed by atoms with Crippen LogP contribution in [0.3, 0.4) is 0 Å². The molecule has 1 aliphatic rings. The first kappa shape index (κ1) is 25.2. The topological polar surface area (TPSA) is 113 Å². The maximum absolute atomic E-state index is 13.1. The van der Waals surface area contributed by atoms with Crippen molar-refractivity contribution in [3.63, 3.8) is 0 Å². The molecule has 2 atom stereocenters. The van der Waals surface area contributed by atoms with Gasteiger partial charge < -0.3 is 30.4 Å². The number of hydrogen-bond acceptors (Lipinski definition) is 5. The SMILES string of the molecule is Cc1ccc(NC(=O)N(Cc2ccc(O)cc2)CC(O)C(O)C(=O)N2CCc3ccccc3C2)cc1. The molecule has 36 heavy (non-hydrogen) atoms. The van der Waals surface area contributed by atoms with Gasteiger partial charge in [-0.15, -0.1) is 0 Å². The van der Waals surface area contributed by atoms with Crippen LogP contribution in [0.5, 0.6) is 5.75 Å². The summed E-state index contributed by atoms with van der Waals surface area (Å²) in [5.41, 5.74) is 4.54. The highest BCUT2D eigenvalue weighted by molar-refractivity contribution is 5.89. The number of aryl methyl sites for hydroxylation is 1. The van der Waals surface area contributed by atoms with Gasteiger partial charge in [0.1, 0.15) is 11.9 Å². The summed E-state index contributed by atoms with van der Waals surface area (Å²) in [6.07, 6.45) is -2.49. The molecular formula is C28H31N3O5. The van der Waals surface area contributed by atoms with Crippen molar-refractivity contribution in [1.29, 1.82) is 0 Å². The van der Waals surface area contributed by atoms with Gasteiger partial charge in [-0.1, -0.05) is 54.1 Å². The quantitative estimate of drug-likeness (QED) is 0.408. The van der Waals surface area contributed by atoms with Crippen LogP contribution in [0.4, 0.5) is 10.5 Å². The standard InChI is InChI=1S/C28H31N3O5/c1-19-6-10-23(11-7-19)29-28(36)31(16-20-8-12-24(32)13-9-20)18-25(33)26(34)27(35)30-15-14-21-4-2-3-5-22(21)17-30/h2-13,25-26,32-34H,14-18H2,1H3,(H,29,36). The molecule has 0 aliphatic carbocycles. The van der Waals surface area contributed by atoms with E-state index in [1.54, 1.807) is 24.3 Å². The minimum Gasteiger partial charge on any atom is -0.508 e. The molecule has 8 heteroatoms. The van der Waals surface area contributed by atoms with Crippen LogP contribution < -0.4 is 5.32 Å². The lowest BCUT2D eigenvalue weighted by atomic mass is 9.99. The third-order valence-corrected chi connectivity index (χ3v) is 6.37. The number of aliphatic hydroxyl groups is 2. The van der Waals surface area contributed by atoms with Gasteiger partial charge in [0, 0.05) is 25.3 Å². The van der Waals surface area contributed by atoms with Crippen LogP contribution in [0, 0.1) is 6.92 Å². The van der Waals surface area contributed by atoms with Gasteiger partial charge in [-0.05, 0) is 54.3 Å². The molecule has 0 aromatic heterocycles. The Bertz CT molecular complexity index is 1200. The largest absolute Gasteiger partial charge is 0.508 e. The number of benzene rings is 3. The molecule has 3 aromatic carbocycles. The number of urea groups is 1. The molecule has 0 saturated heterocycles. The Morgan fingerprint density at radius 2 is 1.64 bits per heavy atom. The van der Waals surface area contributed by atoms with Gasteiger partial charge in [0.15, 0.2) is 6.10 Å². The number of carbonyl (C=O) groups excluding carboxylic acids is 2. The fraction of sp³-hybridized carbons (Fsp3) is 0.286. The normalized spacial score (nSPS) is 14.5. The van der Waals surface area contributed by atoms with E-state index < -0.39 is 24.1 Å². The summed E-state index contributed by atoms with van der Waals surface area (Å²) < 4.78 is 0. The molecule has 0 bridgehead atoms. The van der Waals surface area contributed by atoms with E-state index in [1.165, 1.54) is 27.5 Å². The van der Waals surface area contributed by atoms with Crippen molar-refractivity contribution in [3.8, 4) is 5.75 Å². The first-order chi connectivity index (χ1) is 17.3. The lowest BCUT2D eigenvalue weighted by molar-refractivity contribution is -0.147. The van der Waals surface area contributed by atoms with Crippen LogP contribution >= 0.6 is 0 Å². The van der Waals surface area contributed by atoms with E-state index in [0.717, 1.165) is 11.1 Å². The molecule has 1 heterocycles. The molecule has 8 nitrogen and oxygen atoms in total. The van der Waals surface area contributed by atoms with Crippen LogP contribution in [0.2, 0.25) is 0 Å². The summed E-state index contributed by atoms with van der Waals surface area (Å²) in [5.74, 6) is -0.473. The van der Waals surface area contributed by atoms with Gasteiger partial charge in [-0.3, -0.25) is 4.79 Å². The zero-order chi connectivity index (χ0) is 25.7. The van der Waals surface area contributed by atoms with Gasteiger partial charge in [0.05, 0.1) is 6.54 Å². The van der Waals surface area contributed by atoms with Crippen molar-refractivity contribution < 1.29 is 24.9 Å². The second kappa shape index (κ2) is 11.2. The number of aromatic hydroxyl groups is 1. The first-order valence-corrected chi connectivity index (χ1v) is 11.9. The predicted octanol–water partition coefficient (Wildman–Crippen LogP) is 3.04.